The molecule has 0 radical (unpaired) electrons. The van der Waals surface area contributed by atoms with Crippen molar-refractivity contribution in [1.29, 1.82) is 0 Å². The number of aryl methyl sites for hydroxylation is 3. The Morgan fingerprint density at radius 1 is 1.14 bits per heavy atom. The predicted molar refractivity (Wildman–Crippen MR) is 90.6 cm³/mol. The fourth-order valence-corrected chi connectivity index (χ4v) is 3.33. The maximum Gasteiger partial charge on any atom is 0.0624 e. The van der Waals surface area contributed by atoms with Crippen LogP contribution >= 0.6 is 23.2 Å². The third-order valence-electron chi connectivity index (χ3n) is 4.08. The van der Waals surface area contributed by atoms with E-state index in [2.05, 4.69) is 49.3 Å². The van der Waals surface area contributed by atoms with E-state index in [9.17, 15) is 0 Å². The molecule has 0 bridgehead atoms. The lowest BCUT2D eigenvalue weighted by atomic mass is 9.79. The Hall–Kier alpha value is -0.990. The van der Waals surface area contributed by atoms with Gasteiger partial charge in [0.15, 0.2) is 0 Å². The molecule has 1 heterocycles. The monoisotopic (exact) mass is 324 g/mol. The van der Waals surface area contributed by atoms with Gasteiger partial charge < -0.3 is 0 Å². The summed E-state index contributed by atoms with van der Waals surface area (Å²) in [6.07, 6.45) is 1.74. The highest BCUT2D eigenvalue weighted by atomic mass is 35.5. The molecule has 0 spiro atoms. The molecule has 0 aliphatic carbocycles. The van der Waals surface area contributed by atoms with Crippen LogP contribution in [0, 0.1) is 6.92 Å². The lowest BCUT2D eigenvalue weighted by Crippen LogP contribution is -2.34. The van der Waals surface area contributed by atoms with Crippen LogP contribution in [-0.4, -0.2) is 21.5 Å². The molecule has 0 aliphatic rings. The number of aromatic nitrogens is 2. The van der Waals surface area contributed by atoms with Gasteiger partial charge in [0.2, 0.25) is 0 Å². The summed E-state index contributed by atoms with van der Waals surface area (Å²) in [6.45, 7) is 4.20. The SMILES string of the molecule is CCc1cc(CC(CCl)(CCl)c2ccc(C)cc2)n(C)n1. The first-order valence-corrected chi connectivity index (χ1v) is 8.32. The van der Waals surface area contributed by atoms with Crippen LogP contribution in [0.1, 0.15) is 29.4 Å². The number of nitrogens with zero attached hydrogens (tertiary/aromatic N) is 2. The van der Waals surface area contributed by atoms with E-state index in [0.29, 0.717) is 11.8 Å². The molecule has 4 heteroatoms. The lowest BCUT2D eigenvalue weighted by molar-refractivity contribution is 0.510. The molecule has 0 amide bonds. The van der Waals surface area contributed by atoms with Gasteiger partial charge in [-0.25, -0.2) is 0 Å². The van der Waals surface area contributed by atoms with Crippen LogP contribution in [-0.2, 0) is 25.3 Å². The molecule has 0 N–H and O–H groups in total. The van der Waals surface area contributed by atoms with Crippen molar-refractivity contribution in [2.45, 2.75) is 32.1 Å². The van der Waals surface area contributed by atoms with Crippen molar-refractivity contribution in [2.75, 3.05) is 11.8 Å². The molecule has 21 heavy (non-hydrogen) atoms. The van der Waals surface area contributed by atoms with Crippen molar-refractivity contribution in [3.05, 3.63) is 52.8 Å². The maximum atomic E-state index is 6.33. The predicted octanol–water partition coefficient (Wildman–Crippen LogP) is 4.25. The van der Waals surface area contributed by atoms with Gasteiger partial charge in [-0.3, -0.25) is 4.68 Å². The van der Waals surface area contributed by atoms with E-state index in [1.165, 1.54) is 16.8 Å². The first-order valence-electron chi connectivity index (χ1n) is 7.25. The standard InChI is InChI=1S/C17H22Cl2N2/c1-4-15-9-16(21(3)20-15)10-17(11-18,12-19)14-7-5-13(2)6-8-14/h5-9H,4,10-12H2,1-3H3. The van der Waals surface area contributed by atoms with Gasteiger partial charge in [-0.2, -0.15) is 5.10 Å². The first-order chi connectivity index (χ1) is 10.0. The Morgan fingerprint density at radius 3 is 2.24 bits per heavy atom. The van der Waals surface area contributed by atoms with Crippen molar-refractivity contribution < 1.29 is 0 Å². The summed E-state index contributed by atoms with van der Waals surface area (Å²) in [6, 6.07) is 10.7. The normalized spacial score (nSPS) is 11.9. The Kier molecular flexibility index (Phi) is 5.34. The summed E-state index contributed by atoms with van der Waals surface area (Å²) >= 11 is 12.7. The minimum absolute atomic E-state index is 0.254. The number of hydrogen-bond donors (Lipinski definition) is 0. The molecule has 0 saturated heterocycles. The Labute approximate surface area is 137 Å². The van der Waals surface area contributed by atoms with Gasteiger partial charge in [-0.1, -0.05) is 36.8 Å². The summed E-state index contributed by atoms with van der Waals surface area (Å²) in [5.74, 6) is 0.985. The van der Waals surface area contributed by atoms with Crippen LogP contribution in [0.3, 0.4) is 0 Å². The molecular formula is C17H22Cl2N2. The zero-order chi connectivity index (χ0) is 15.5. The highest BCUT2D eigenvalue weighted by Gasteiger charge is 2.32. The molecule has 1 aromatic carbocycles. The van der Waals surface area contributed by atoms with Gasteiger partial charge >= 0.3 is 0 Å². The molecule has 0 aliphatic heterocycles. The Balaban J connectivity index is 2.37. The topological polar surface area (TPSA) is 17.8 Å². The second-order valence-electron chi connectivity index (χ2n) is 5.69. The van der Waals surface area contributed by atoms with Gasteiger partial charge in [0.25, 0.3) is 0 Å². The molecule has 1 aromatic heterocycles. The highest BCUT2D eigenvalue weighted by molar-refractivity contribution is 6.22. The first kappa shape index (κ1) is 16.4. The summed E-state index contributed by atoms with van der Waals surface area (Å²) < 4.78 is 1.95. The quantitative estimate of drug-likeness (QED) is 0.726. The van der Waals surface area contributed by atoms with E-state index < -0.39 is 0 Å². The second-order valence-corrected chi connectivity index (χ2v) is 6.23. The highest BCUT2D eigenvalue weighted by Crippen LogP contribution is 2.32. The van der Waals surface area contributed by atoms with Crippen LogP contribution in [0.2, 0.25) is 0 Å². The summed E-state index contributed by atoms with van der Waals surface area (Å²) in [7, 11) is 1.98. The fraction of sp³-hybridized carbons (Fsp3) is 0.471. The zero-order valence-electron chi connectivity index (χ0n) is 12.9. The fourth-order valence-electron chi connectivity index (χ4n) is 2.55. The largest absolute Gasteiger partial charge is 0.272 e. The van der Waals surface area contributed by atoms with Crippen molar-refractivity contribution >= 4 is 23.2 Å². The van der Waals surface area contributed by atoms with Crippen LogP contribution in [0.4, 0.5) is 0 Å². The van der Waals surface area contributed by atoms with E-state index in [-0.39, 0.29) is 5.41 Å². The van der Waals surface area contributed by atoms with E-state index in [1.807, 2.05) is 11.7 Å². The Morgan fingerprint density at radius 2 is 1.76 bits per heavy atom. The summed E-state index contributed by atoms with van der Waals surface area (Å²) in [5, 5.41) is 4.52. The second kappa shape index (κ2) is 6.85. The van der Waals surface area contributed by atoms with E-state index in [1.54, 1.807) is 0 Å². The number of alkyl halides is 2. The Bertz CT molecular complexity index is 583. The van der Waals surface area contributed by atoms with Gasteiger partial charge in [0.05, 0.1) is 5.69 Å². The van der Waals surface area contributed by atoms with Crippen molar-refractivity contribution in [3.63, 3.8) is 0 Å². The van der Waals surface area contributed by atoms with E-state index in [0.717, 1.165) is 18.5 Å². The molecule has 0 fully saturated rings. The molecular weight excluding hydrogens is 303 g/mol. The van der Waals surface area contributed by atoms with Crippen molar-refractivity contribution in [3.8, 4) is 0 Å². The minimum atomic E-state index is -0.254. The van der Waals surface area contributed by atoms with Gasteiger partial charge in [0.1, 0.15) is 0 Å². The van der Waals surface area contributed by atoms with E-state index in [4.69, 9.17) is 23.2 Å². The van der Waals surface area contributed by atoms with Crippen LogP contribution in [0.5, 0.6) is 0 Å². The van der Waals surface area contributed by atoms with Gasteiger partial charge in [0, 0.05) is 36.3 Å². The number of hydrogen-bond acceptors (Lipinski definition) is 1. The molecule has 0 saturated carbocycles. The number of halogens is 2. The van der Waals surface area contributed by atoms with Crippen LogP contribution in [0.15, 0.2) is 30.3 Å². The molecule has 2 aromatic rings. The van der Waals surface area contributed by atoms with Crippen molar-refractivity contribution in [1.82, 2.24) is 9.78 Å². The van der Waals surface area contributed by atoms with Crippen molar-refractivity contribution in [2.24, 2.45) is 7.05 Å². The summed E-state index contributed by atoms with van der Waals surface area (Å²) in [5.41, 5.74) is 4.46. The smallest absolute Gasteiger partial charge is 0.0624 e. The zero-order valence-corrected chi connectivity index (χ0v) is 14.4. The van der Waals surface area contributed by atoms with Crippen LogP contribution < -0.4 is 0 Å². The lowest BCUT2D eigenvalue weighted by Gasteiger charge is -2.30. The van der Waals surface area contributed by atoms with Crippen LogP contribution in [0.25, 0.3) is 0 Å². The molecule has 2 rings (SSSR count). The molecule has 2 nitrogen and oxygen atoms in total. The maximum absolute atomic E-state index is 6.33. The third-order valence-corrected chi connectivity index (χ3v) is 5.11. The number of rotatable bonds is 6. The average Bonchev–Trinajstić information content (AvgIpc) is 2.86. The average molecular weight is 325 g/mol. The molecule has 114 valence electrons. The summed E-state index contributed by atoms with van der Waals surface area (Å²) in [4.78, 5) is 0. The van der Waals surface area contributed by atoms with E-state index >= 15 is 0 Å². The third kappa shape index (κ3) is 3.44. The minimum Gasteiger partial charge on any atom is -0.272 e. The van der Waals surface area contributed by atoms with Gasteiger partial charge in [-0.05, 0) is 25.0 Å². The molecule has 0 atom stereocenters. The number of benzene rings is 1. The van der Waals surface area contributed by atoms with Gasteiger partial charge in [-0.15, -0.1) is 23.2 Å². The molecule has 0 unspecified atom stereocenters.